The molecule has 1 aromatic heterocycles. The molecule has 1 amide bonds. The van der Waals surface area contributed by atoms with Gasteiger partial charge in [0, 0.05) is 16.7 Å². The van der Waals surface area contributed by atoms with Crippen LogP contribution in [0.3, 0.4) is 0 Å². The minimum Gasteiger partial charge on any atom is -0.438 e. The van der Waals surface area contributed by atoms with Crippen molar-refractivity contribution in [2.45, 2.75) is 13.8 Å². The lowest BCUT2D eigenvalue weighted by atomic mass is 9.98. The van der Waals surface area contributed by atoms with Gasteiger partial charge in [-0.1, -0.05) is 66.7 Å². The van der Waals surface area contributed by atoms with Gasteiger partial charge in [0.15, 0.2) is 0 Å². The van der Waals surface area contributed by atoms with Gasteiger partial charge >= 0.3 is 0 Å². The standard InChI is InChI=1S/C26H20N2O2/c1-17-13-14-21(15-18(17)2)25(29)28-26-22(16-27)23(19-9-5-3-6-10-19)24(30-26)20-11-7-4-8-12-20/h3-15H,1-2H3,(H,28,29). The molecule has 30 heavy (non-hydrogen) atoms. The Morgan fingerprint density at radius 1 is 0.867 bits per heavy atom. The fourth-order valence-corrected chi connectivity index (χ4v) is 3.36. The number of hydrogen-bond donors (Lipinski definition) is 1. The summed E-state index contributed by atoms with van der Waals surface area (Å²) >= 11 is 0. The number of carbonyl (C=O) groups is 1. The number of nitrogens with one attached hydrogen (secondary N) is 1. The number of furan rings is 1. The Kier molecular flexibility index (Phi) is 5.19. The van der Waals surface area contributed by atoms with Crippen LogP contribution in [-0.2, 0) is 0 Å². The molecule has 0 aliphatic carbocycles. The van der Waals surface area contributed by atoms with Crippen LogP contribution in [0.4, 0.5) is 5.88 Å². The molecule has 0 saturated carbocycles. The fraction of sp³-hybridized carbons (Fsp3) is 0.0769. The van der Waals surface area contributed by atoms with E-state index >= 15 is 0 Å². The molecule has 0 aliphatic rings. The third kappa shape index (κ3) is 3.61. The summed E-state index contributed by atoms with van der Waals surface area (Å²) in [5.74, 6) is 0.384. The molecule has 1 heterocycles. The third-order valence-corrected chi connectivity index (χ3v) is 5.11. The average molecular weight is 392 g/mol. The number of carbonyl (C=O) groups excluding carboxylic acids is 1. The van der Waals surface area contributed by atoms with Crippen LogP contribution in [0.2, 0.25) is 0 Å². The second-order valence-electron chi connectivity index (χ2n) is 7.11. The van der Waals surface area contributed by atoms with Crippen molar-refractivity contribution in [2.75, 3.05) is 5.32 Å². The molecule has 0 bridgehead atoms. The molecule has 0 fully saturated rings. The molecule has 3 aromatic carbocycles. The topological polar surface area (TPSA) is 66.0 Å². The molecular weight excluding hydrogens is 372 g/mol. The molecule has 4 nitrogen and oxygen atoms in total. The van der Waals surface area contributed by atoms with Crippen molar-refractivity contribution in [3.05, 3.63) is 101 Å². The first-order chi connectivity index (χ1) is 14.6. The normalized spacial score (nSPS) is 10.4. The van der Waals surface area contributed by atoms with E-state index in [1.807, 2.05) is 86.6 Å². The lowest BCUT2D eigenvalue weighted by molar-refractivity contribution is 0.102. The number of amides is 1. The minimum atomic E-state index is -0.317. The van der Waals surface area contributed by atoms with Gasteiger partial charge in [-0.25, -0.2) is 0 Å². The van der Waals surface area contributed by atoms with E-state index in [4.69, 9.17) is 4.42 Å². The molecular formula is C26H20N2O2. The Labute approximate surface area is 175 Å². The number of anilines is 1. The maximum atomic E-state index is 12.9. The summed E-state index contributed by atoms with van der Waals surface area (Å²) in [7, 11) is 0. The van der Waals surface area contributed by atoms with Gasteiger partial charge in [0.05, 0.1) is 0 Å². The van der Waals surface area contributed by atoms with Crippen molar-refractivity contribution in [1.82, 2.24) is 0 Å². The van der Waals surface area contributed by atoms with Gasteiger partial charge in [-0.2, -0.15) is 5.26 Å². The summed E-state index contributed by atoms with van der Waals surface area (Å²) in [6.07, 6.45) is 0. The summed E-state index contributed by atoms with van der Waals surface area (Å²) in [6.45, 7) is 3.95. The van der Waals surface area contributed by atoms with Gasteiger partial charge in [0.25, 0.3) is 5.91 Å². The van der Waals surface area contributed by atoms with Crippen LogP contribution in [0.5, 0.6) is 0 Å². The molecule has 0 aliphatic heterocycles. The van der Waals surface area contributed by atoms with Crippen LogP contribution in [0.15, 0.2) is 83.3 Å². The summed E-state index contributed by atoms with van der Waals surface area (Å²) in [5.41, 5.74) is 5.30. The van der Waals surface area contributed by atoms with Crippen molar-refractivity contribution < 1.29 is 9.21 Å². The molecule has 1 N–H and O–H groups in total. The van der Waals surface area contributed by atoms with Crippen LogP contribution in [-0.4, -0.2) is 5.91 Å². The van der Waals surface area contributed by atoms with E-state index in [0.29, 0.717) is 22.5 Å². The molecule has 4 aromatic rings. The van der Waals surface area contributed by atoms with Crippen molar-refractivity contribution in [1.29, 1.82) is 5.26 Å². The predicted molar refractivity (Wildman–Crippen MR) is 118 cm³/mol. The number of aryl methyl sites for hydroxylation is 2. The molecule has 146 valence electrons. The Hall–Kier alpha value is -4.10. The first-order valence-electron chi connectivity index (χ1n) is 9.65. The van der Waals surface area contributed by atoms with Crippen LogP contribution in [0, 0.1) is 25.2 Å². The maximum absolute atomic E-state index is 12.9. The zero-order valence-electron chi connectivity index (χ0n) is 16.8. The Bertz CT molecular complexity index is 1250. The average Bonchev–Trinajstić information content (AvgIpc) is 3.15. The fourth-order valence-electron chi connectivity index (χ4n) is 3.36. The lowest BCUT2D eigenvalue weighted by Gasteiger charge is -2.05. The second kappa shape index (κ2) is 8.10. The Morgan fingerprint density at radius 2 is 1.50 bits per heavy atom. The van der Waals surface area contributed by atoms with E-state index < -0.39 is 0 Å². The largest absolute Gasteiger partial charge is 0.438 e. The van der Waals surface area contributed by atoms with E-state index in [9.17, 15) is 10.1 Å². The van der Waals surface area contributed by atoms with E-state index in [1.165, 1.54) is 0 Å². The van der Waals surface area contributed by atoms with E-state index in [0.717, 1.165) is 22.3 Å². The zero-order chi connectivity index (χ0) is 21.1. The number of rotatable bonds is 4. The van der Waals surface area contributed by atoms with Crippen LogP contribution in [0.1, 0.15) is 27.0 Å². The molecule has 0 saturated heterocycles. The van der Waals surface area contributed by atoms with Crippen LogP contribution in [0.25, 0.3) is 22.5 Å². The van der Waals surface area contributed by atoms with Gasteiger partial charge in [0.1, 0.15) is 17.4 Å². The van der Waals surface area contributed by atoms with E-state index in [-0.39, 0.29) is 11.8 Å². The Morgan fingerprint density at radius 3 is 2.10 bits per heavy atom. The third-order valence-electron chi connectivity index (χ3n) is 5.11. The molecule has 0 atom stereocenters. The highest BCUT2D eigenvalue weighted by Crippen LogP contribution is 2.41. The molecule has 0 unspecified atom stereocenters. The van der Waals surface area contributed by atoms with Gasteiger partial charge in [-0.15, -0.1) is 0 Å². The summed E-state index contributed by atoms with van der Waals surface area (Å²) in [4.78, 5) is 12.9. The number of hydrogen-bond acceptors (Lipinski definition) is 3. The highest BCUT2D eigenvalue weighted by atomic mass is 16.4. The highest BCUT2D eigenvalue weighted by Gasteiger charge is 2.24. The van der Waals surface area contributed by atoms with Gasteiger partial charge in [0.2, 0.25) is 5.88 Å². The van der Waals surface area contributed by atoms with Gasteiger partial charge in [-0.05, 0) is 42.7 Å². The Balaban J connectivity index is 1.83. The summed E-state index contributed by atoms with van der Waals surface area (Å²) < 4.78 is 6.07. The second-order valence-corrected chi connectivity index (χ2v) is 7.11. The maximum Gasteiger partial charge on any atom is 0.258 e. The van der Waals surface area contributed by atoms with Gasteiger partial charge < -0.3 is 4.42 Å². The number of nitriles is 1. The molecule has 0 spiro atoms. The van der Waals surface area contributed by atoms with Crippen LogP contribution < -0.4 is 5.32 Å². The smallest absolute Gasteiger partial charge is 0.258 e. The van der Waals surface area contributed by atoms with E-state index in [2.05, 4.69) is 11.4 Å². The SMILES string of the molecule is Cc1ccc(C(=O)Nc2oc(-c3ccccc3)c(-c3ccccc3)c2C#N)cc1C. The van der Waals surface area contributed by atoms with Gasteiger partial charge in [-0.3, -0.25) is 10.1 Å². The summed E-state index contributed by atoms with van der Waals surface area (Å²) in [5, 5.41) is 12.7. The molecule has 4 heteroatoms. The molecule has 4 rings (SSSR count). The van der Waals surface area contributed by atoms with Crippen molar-refractivity contribution in [3.63, 3.8) is 0 Å². The van der Waals surface area contributed by atoms with E-state index in [1.54, 1.807) is 6.07 Å². The first-order valence-corrected chi connectivity index (χ1v) is 9.65. The monoisotopic (exact) mass is 392 g/mol. The highest BCUT2D eigenvalue weighted by molar-refractivity contribution is 6.05. The predicted octanol–water partition coefficient (Wildman–Crippen LogP) is 6.35. The summed E-state index contributed by atoms with van der Waals surface area (Å²) in [6, 6.07) is 26.9. The van der Waals surface area contributed by atoms with Crippen molar-refractivity contribution in [2.24, 2.45) is 0 Å². The van der Waals surface area contributed by atoms with Crippen molar-refractivity contribution >= 4 is 11.8 Å². The molecule has 0 radical (unpaired) electrons. The lowest BCUT2D eigenvalue weighted by Crippen LogP contribution is -2.12. The zero-order valence-corrected chi connectivity index (χ0v) is 16.8. The van der Waals surface area contributed by atoms with Crippen LogP contribution >= 0.6 is 0 Å². The number of nitrogens with zero attached hydrogens (tertiary/aromatic N) is 1. The quantitative estimate of drug-likeness (QED) is 0.440. The first kappa shape index (κ1) is 19.2. The minimum absolute atomic E-state index is 0.151. The van der Waals surface area contributed by atoms with Crippen molar-refractivity contribution in [3.8, 4) is 28.5 Å². The number of benzene rings is 3.